The second-order valence-electron chi connectivity index (χ2n) is 6.80. The van der Waals surface area contributed by atoms with Gasteiger partial charge >= 0.3 is 5.97 Å². The summed E-state index contributed by atoms with van der Waals surface area (Å²) in [6, 6.07) is 10.8. The first kappa shape index (κ1) is 22.8. The molecule has 0 bridgehead atoms. The van der Waals surface area contributed by atoms with Gasteiger partial charge in [-0.1, -0.05) is 11.6 Å². The number of Topliss-reactive ketones (excluding diaryl/α,β-unsaturated/α-hetero) is 1. The van der Waals surface area contributed by atoms with Crippen LogP contribution >= 0.6 is 11.6 Å². The lowest BCUT2D eigenvalue weighted by molar-refractivity contribution is -0.384. The van der Waals surface area contributed by atoms with Gasteiger partial charge in [0.25, 0.3) is 17.5 Å². The Morgan fingerprint density at radius 1 is 1.09 bits per heavy atom. The number of nitro benzene ring substituents is 1. The highest BCUT2D eigenvalue weighted by Gasteiger charge is 2.38. The molecule has 0 N–H and O–H groups in total. The number of non-ortho nitro benzene ring substituents is 1. The normalized spacial score (nSPS) is 14.2. The van der Waals surface area contributed by atoms with Gasteiger partial charge in [-0.25, -0.2) is 4.90 Å². The van der Waals surface area contributed by atoms with Crippen LogP contribution in [-0.4, -0.2) is 35.1 Å². The number of nitrogens with zero attached hydrogens (tertiary/aromatic N) is 2. The molecular formula is C22H17ClN2O7. The van der Waals surface area contributed by atoms with E-state index in [-0.39, 0.29) is 35.5 Å². The van der Waals surface area contributed by atoms with E-state index >= 15 is 0 Å². The second kappa shape index (κ2) is 9.52. The minimum atomic E-state index is -1.34. The van der Waals surface area contributed by atoms with Gasteiger partial charge in [0.05, 0.1) is 17.2 Å². The molecule has 0 radical (unpaired) electrons. The van der Waals surface area contributed by atoms with E-state index < -0.39 is 34.4 Å². The van der Waals surface area contributed by atoms with E-state index in [1.807, 2.05) is 0 Å². The third-order valence-electron chi connectivity index (χ3n) is 4.75. The van der Waals surface area contributed by atoms with Crippen molar-refractivity contribution < 1.29 is 28.8 Å². The molecule has 1 aliphatic heterocycles. The van der Waals surface area contributed by atoms with Gasteiger partial charge in [-0.05, 0) is 49.7 Å². The summed E-state index contributed by atoms with van der Waals surface area (Å²) in [6.45, 7) is 1.62. The molecule has 0 fully saturated rings. The maximum absolute atomic E-state index is 13.0. The fourth-order valence-corrected chi connectivity index (χ4v) is 3.32. The van der Waals surface area contributed by atoms with Crippen LogP contribution in [0.1, 0.15) is 23.7 Å². The number of anilines is 1. The van der Waals surface area contributed by atoms with E-state index in [0.717, 1.165) is 11.0 Å². The van der Waals surface area contributed by atoms with E-state index in [2.05, 4.69) is 0 Å². The van der Waals surface area contributed by atoms with Crippen molar-refractivity contribution >= 4 is 46.5 Å². The molecule has 0 saturated heterocycles. The molecule has 10 heteroatoms. The van der Waals surface area contributed by atoms with Crippen molar-refractivity contribution in [2.24, 2.45) is 5.92 Å². The highest BCUT2D eigenvalue weighted by atomic mass is 35.5. The van der Waals surface area contributed by atoms with Crippen LogP contribution in [0.15, 0.2) is 60.2 Å². The summed E-state index contributed by atoms with van der Waals surface area (Å²) in [4.78, 5) is 61.8. The van der Waals surface area contributed by atoms with E-state index in [1.54, 1.807) is 6.92 Å². The second-order valence-corrected chi connectivity index (χ2v) is 7.24. The predicted octanol–water partition coefficient (Wildman–Crippen LogP) is 3.50. The summed E-state index contributed by atoms with van der Waals surface area (Å²) < 4.78 is 5.00. The first-order valence-corrected chi connectivity index (χ1v) is 9.90. The highest BCUT2D eigenvalue weighted by molar-refractivity contribution is 6.31. The number of imide groups is 1. The lowest BCUT2D eigenvalue weighted by Gasteiger charge is -2.17. The Morgan fingerprint density at radius 3 is 2.28 bits per heavy atom. The van der Waals surface area contributed by atoms with E-state index in [9.17, 15) is 29.3 Å². The molecule has 1 heterocycles. The number of halogens is 1. The van der Waals surface area contributed by atoms with Crippen LogP contribution in [0.2, 0.25) is 5.02 Å². The summed E-state index contributed by atoms with van der Waals surface area (Å²) in [5.74, 6) is -4.13. The number of ketones is 1. The molecule has 0 spiro atoms. The minimum absolute atomic E-state index is 0.0318. The fourth-order valence-electron chi connectivity index (χ4n) is 3.19. The van der Waals surface area contributed by atoms with Crippen LogP contribution in [0.3, 0.4) is 0 Å². The number of esters is 1. The molecule has 1 aliphatic rings. The average Bonchev–Trinajstić information content (AvgIpc) is 3.05. The molecule has 2 aromatic carbocycles. The predicted molar refractivity (Wildman–Crippen MR) is 114 cm³/mol. The van der Waals surface area contributed by atoms with Crippen molar-refractivity contribution in [3.63, 3.8) is 0 Å². The standard InChI is InChI=1S/C22H17ClN2O7/c1-2-32-22(29)18(20(27)13-3-5-15(23)6-4-13)11-14-12-19(26)24(21(14)28)16-7-9-17(10-8-16)25(30)31/h3-10,12,18H,2,11H2,1H3. The molecule has 32 heavy (non-hydrogen) atoms. The van der Waals surface area contributed by atoms with Crippen LogP contribution in [0.25, 0.3) is 0 Å². The zero-order chi connectivity index (χ0) is 23.4. The van der Waals surface area contributed by atoms with Crippen molar-refractivity contribution in [2.75, 3.05) is 11.5 Å². The van der Waals surface area contributed by atoms with Crippen molar-refractivity contribution in [3.05, 3.63) is 80.9 Å². The van der Waals surface area contributed by atoms with Crippen molar-refractivity contribution in [1.82, 2.24) is 0 Å². The minimum Gasteiger partial charge on any atom is -0.465 e. The van der Waals surface area contributed by atoms with E-state index in [1.165, 1.54) is 48.5 Å². The monoisotopic (exact) mass is 456 g/mol. The maximum Gasteiger partial charge on any atom is 0.317 e. The number of rotatable bonds is 8. The first-order chi connectivity index (χ1) is 15.2. The van der Waals surface area contributed by atoms with E-state index in [4.69, 9.17) is 16.3 Å². The molecule has 3 rings (SSSR count). The Labute approximate surface area is 187 Å². The molecule has 1 unspecified atom stereocenters. The number of hydrogen-bond acceptors (Lipinski definition) is 7. The van der Waals surface area contributed by atoms with Gasteiger partial charge in [0.15, 0.2) is 5.78 Å². The number of amides is 2. The third-order valence-corrected chi connectivity index (χ3v) is 5.01. The summed E-state index contributed by atoms with van der Waals surface area (Å²) in [6.07, 6.45) is 0.708. The van der Waals surface area contributed by atoms with Gasteiger partial charge in [-0.2, -0.15) is 0 Å². The Morgan fingerprint density at radius 2 is 1.72 bits per heavy atom. The fraction of sp³-hybridized carbons (Fsp3) is 0.182. The molecule has 0 saturated carbocycles. The number of carbonyl (C=O) groups excluding carboxylic acids is 4. The van der Waals surface area contributed by atoms with Gasteiger partial charge in [0.2, 0.25) is 0 Å². The summed E-state index contributed by atoms with van der Waals surface area (Å²) in [5, 5.41) is 11.2. The van der Waals surface area contributed by atoms with Gasteiger partial charge < -0.3 is 4.74 Å². The number of carbonyl (C=O) groups is 4. The summed E-state index contributed by atoms with van der Waals surface area (Å²) in [5.41, 5.74) is 0.0938. The molecule has 1 atom stereocenters. The molecule has 2 aromatic rings. The SMILES string of the molecule is CCOC(=O)C(CC1=CC(=O)N(c2ccc([N+](=O)[O-])cc2)C1=O)C(=O)c1ccc(Cl)cc1. The molecular weight excluding hydrogens is 440 g/mol. The van der Waals surface area contributed by atoms with E-state index in [0.29, 0.717) is 5.02 Å². The third kappa shape index (κ3) is 4.73. The molecule has 0 aliphatic carbocycles. The van der Waals surface area contributed by atoms with Crippen molar-refractivity contribution in [1.29, 1.82) is 0 Å². The quantitative estimate of drug-likeness (QED) is 0.149. The van der Waals surface area contributed by atoms with Crippen LogP contribution < -0.4 is 4.90 Å². The smallest absolute Gasteiger partial charge is 0.317 e. The van der Waals surface area contributed by atoms with Gasteiger partial charge in [0.1, 0.15) is 5.92 Å². The zero-order valence-electron chi connectivity index (χ0n) is 16.8. The van der Waals surface area contributed by atoms with Crippen LogP contribution in [-0.2, 0) is 19.1 Å². The number of ether oxygens (including phenoxy) is 1. The van der Waals surface area contributed by atoms with Gasteiger partial charge in [-0.15, -0.1) is 0 Å². The Hall–Kier alpha value is -3.85. The maximum atomic E-state index is 13.0. The Balaban J connectivity index is 1.85. The molecule has 9 nitrogen and oxygen atoms in total. The largest absolute Gasteiger partial charge is 0.465 e. The topological polar surface area (TPSA) is 124 Å². The molecule has 0 aromatic heterocycles. The summed E-state index contributed by atoms with van der Waals surface area (Å²) >= 11 is 5.85. The number of benzene rings is 2. The Bertz CT molecular complexity index is 1120. The lowest BCUT2D eigenvalue weighted by atomic mass is 9.91. The van der Waals surface area contributed by atoms with Gasteiger partial charge in [-0.3, -0.25) is 29.3 Å². The van der Waals surface area contributed by atoms with Crippen molar-refractivity contribution in [2.45, 2.75) is 13.3 Å². The van der Waals surface area contributed by atoms with Crippen LogP contribution in [0, 0.1) is 16.0 Å². The van der Waals surface area contributed by atoms with Gasteiger partial charge in [0, 0.05) is 34.4 Å². The molecule has 2 amide bonds. The zero-order valence-corrected chi connectivity index (χ0v) is 17.6. The number of hydrogen-bond donors (Lipinski definition) is 0. The number of nitro groups is 1. The Kier molecular flexibility index (Phi) is 6.79. The van der Waals surface area contributed by atoms with Crippen molar-refractivity contribution in [3.8, 4) is 0 Å². The van der Waals surface area contributed by atoms with Crippen LogP contribution in [0.4, 0.5) is 11.4 Å². The van der Waals surface area contributed by atoms with Crippen LogP contribution in [0.5, 0.6) is 0 Å². The lowest BCUT2D eigenvalue weighted by Crippen LogP contribution is -2.32. The molecule has 164 valence electrons. The first-order valence-electron chi connectivity index (χ1n) is 9.52. The average molecular weight is 457 g/mol. The summed E-state index contributed by atoms with van der Waals surface area (Å²) in [7, 11) is 0. The highest BCUT2D eigenvalue weighted by Crippen LogP contribution is 2.29.